The molecule has 1 atom stereocenters. The van der Waals surface area contributed by atoms with Gasteiger partial charge in [0.15, 0.2) is 9.84 Å². The van der Waals surface area contributed by atoms with E-state index in [-0.39, 0.29) is 5.91 Å². The van der Waals surface area contributed by atoms with E-state index in [9.17, 15) is 13.2 Å². The van der Waals surface area contributed by atoms with Crippen molar-refractivity contribution < 1.29 is 13.2 Å². The smallest absolute Gasteiger partial charge is 0.243 e. The molecule has 0 aromatic carbocycles. The highest BCUT2D eigenvalue weighted by atomic mass is 32.2. The molecular weight excluding hydrogens is 272 g/mol. The summed E-state index contributed by atoms with van der Waals surface area (Å²) in [6.07, 6.45) is 1.20. The number of rotatable bonds is 4. The van der Waals surface area contributed by atoms with Crippen LogP contribution in [0.5, 0.6) is 0 Å². The van der Waals surface area contributed by atoms with Crippen LogP contribution >= 0.6 is 11.8 Å². The van der Waals surface area contributed by atoms with Gasteiger partial charge in [0.05, 0.1) is 5.54 Å². The van der Waals surface area contributed by atoms with Gasteiger partial charge in [-0.05, 0) is 20.4 Å². The third-order valence-corrected chi connectivity index (χ3v) is 5.64. The Bertz CT molecular complexity index is 407. The third kappa shape index (κ3) is 3.61. The summed E-state index contributed by atoms with van der Waals surface area (Å²) in [5.74, 6) is 1.12. The summed E-state index contributed by atoms with van der Waals surface area (Å²) in [6, 6.07) is 0. The Labute approximate surface area is 114 Å². The van der Waals surface area contributed by atoms with Crippen LogP contribution in [0.2, 0.25) is 0 Å². The number of carbonyl (C=O) groups is 1. The number of hydrogen-bond donors (Lipinski definition) is 1. The number of likely N-dealkylation sites (N-methyl/N-ethyl adjacent to an activating group) is 1. The van der Waals surface area contributed by atoms with Gasteiger partial charge in [-0.1, -0.05) is 6.92 Å². The molecule has 1 unspecified atom stereocenters. The fraction of sp³-hybridized carbons (Fsp3) is 0.909. The molecule has 0 saturated carbocycles. The predicted octanol–water partition coefficient (Wildman–Crippen LogP) is 0.321. The van der Waals surface area contributed by atoms with E-state index in [1.165, 1.54) is 11.2 Å². The fourth-order valence-corrected chi connectivity index (χ4v) is 4.86. The molecule has 0 aliphatic carbocycles. The molecule has 0 aromatic rings. The van der Waals surface area contributed by atoms with Crippen LogP contribution in [0, 0.1) is 0 Å². The molecule has 106 valence electrons. The molecular formula is C11H22N2O3S2. The Hall–Kier alpha value is -0.270. The van der Waals surface area contributed by atoms with Crippen molar-refractivity contribution in [3.63, 3.8) is 0 Å². The highest BCUT2D eigenvalue weighted by molar-refractivity contribution is 8.00. The van der Waals surface area contributed by atoms with Crippen LogP contribution < -0.4 is 5.32 Å². The largest absolute Gasteiger partial charge is 0.322 e. The number of sulfone groups is 1. The maximum Gasteiger partial charge on any atom is 0.243 e. The summed E-state index contributed by atoms with van der Waals surface area (Å²) >= 11 is 1.58. The van der Waals surface area contributed by atoms with Gasteiger partial charge in [0.25, 0.3) is 0 Å². The summed E-state index contributed by atoms with van der Waals surface area (Å²) in [5.41, 5.74) is -0.723. The van der Waals surface area contributed by atoms with Crippen molar-refractivity contribution in [1.29, 1.82) is 0 Å². The van der Waals surface area contributed by atoms with E-state index in [1.807, 2.05) is 6.92 Å². The molecule has 1 aliphatic rings. The van der Waals surface area contributed by atoms with Gasteiger partial charge >= 0.3 is 0 Å². The lowest BCUT2D eigenvalue weighted by atomic mass is 10.0. The van der Waals surface area contributed by atoms with Gasteiger partial charge in [-0.3, -0.25) is 4.79 Å². The average Bonchev–Trinajstić information content (AvgIpc) is 2.27. The van der Waals surface area contributed by atoms with Gasteiger partial charge in [-0.25, -0.2) is 8.42 Å². The SMILES string of the molecule is CCNC(C)(C)C(=O)N1CCSCC1S(C)(=O)=O. The van der Waals surface area contributed by atoms with Gasteiger partial charge < -0.3 is 10.2 Å². The second-order valence-corrected chi connectivity index (χ2v) is 8.37. The first-order valence-electron chi connectivity index (χ1n) is 6.03. The molecule has 0 bridgehead atoms. The van der Waals surface area contributed by atoms with E-state index in [2.05, 4.69) is 5.32 Å². The molecule has 0 spiro atoms. The molecule has 1 saturated heterocycles. The van der Waals surface area contributed by atoms with Gasteiger partial charge in [-0.2, -0.15) is 11.8 Å². The first-order chi connectivity index (χ1) is 8.20. The van der Waals surface area contributed by atoms with E-state index < -0.39 is 20.8 Å². The number of carbonyl (C=O) groups excluding carboxylic acids is 1. The predicted molar refractivity (Wildman–Crippen MR) is 75.4 cm³/mol. The van der Waals surface area contributed by atoms with Crippen molar-refractivity contribution in [2.24, 2.45) is 0 Å². The van der Waals surface area contributed by atoms with Crippen molar-refractivity contribution in [2.75, 3.05) is 30.9 Å². The van der Waals surface area contributed by atoms with E-state index in [0.717, 1.165) is 5.75 Å². The maximum atomic E-state index is 12.5. The minimum absolute atomic E-state index is 0.139. The monoisotopic (exact) mass is 294 g/mol. The highest BCUT2D eigenvalue weighted by Gasteiger charge is 2.40. The Morgan fingerprint density at radius 1 is 1.50 bits per heavy atom. The quantitative estimate of drug-likeness (QED) is 0.809. The summed E-state index contributed by atoms with van der Waals surface area (Å²) in [4.78, 5) is 14.0. The Morgan fingerprint density at radius 3 is 2.61 bits per heavy atom. The molecule has 5 nitrogen and oxygen atoms in total. The minimum atomic E-state index is -3.24. The minimum Gasteiger partial charge on any atom is -0.322 e. The van der Waals surface area contributed by atoms with Crippen LogP contribution in [0.4, 0.5) is 0 Å². The van der Waals surface area contributed by atoms with Crippen LogP contribution in [0.1, 0.15) is 20.8 Å². The van der Waals surface area contributed by atoms with Crippen molar-refractivity contribution >= 4 is 27.5 Å². The van der Waals surface area contributed by atoms with Crippen LogP contribution in [-0.4, -0.2) is 61.0 Å². The highest BCUT2D eigenvalue weighted by Crippen LogP contribution is 2.23. The fourth-order valence-electron chi connectivity index (χ4n) is 2.04. The Balaban J connectivity index is 2.94. The molecule has 18 heavy (non-hydrogen) atoms. The number of nitrogens with one attached hydrogen (secondary N) is 1. The zero-order valence-electron chi connectivity index (χ0n) is 11.4. The zero-order chi connectivity index (χ0) is 14.0. The lowest BCUT2D eigenvalue weighted by molar-refractivity contribution is -0.137. The molecule has 1 amide bonds. The second-order valence-electron chi connectivity index (χ2n) is 5.01. The second kappa shape index (κ2) is 5.79. The van der Waals surface area contributed by atoms with Crippen LogP contribution in [0.15, 0.2) is 0 Å². The maximum absolute atomic E-state index is 12.5. The summed E-state index contributed by atoms with van der Waals surface area (Å²) < 4.78 is 23.5. The van der Waals surface area contributed by atoms with Gasteiger partial charge in [-0.15, -0.1) is 0 Å². The summed E-state index contributed by atoms with van der Waals surface area (Å²) in [5, 5.41) is 2.41. The van der Waals surface area contributed by atoms with Crippen molar-refractivity contribution in [1.82, 2.24) is 10.2 Å². The molecule has 0 aromatic heterocycles. The molecule has 7 heteroatoms. The lowest BCUT2D eigenvalue weighted by Crippen LogP contribution is -2.60. The van der Waals surface area contributed by atoms with E-state index in [4.69, 9.17) is 0 Å². The van der Waals surface area contributed by atoms with Gasteiger partial charge in [0, 0.05) is 24.3 Å². The zero-order valence-corrected chi connectivity index (χ0v) is 13.0. The van der Waals surface area contributed by atoms with Crippen LogP contribution in [0.25, 0.3) is 0 Å². The van der Waals surface area contributed by atoms with E-state index in [0.29, 0.717) is 18.8 Å². The standard InChI is InChI=1S/C11H22N2O3S2/c1-5-12-11(2,3)10(14)13-6-7-17-8-9(13)18(4,15)16/h9,12H,5-8H2,1-4H3. The Kier molecular flexibility index (Phi) is 5.08. The third-order valence-electron chi connectivity index (χ3n) is 2.99. The molecule has 1 rings (SSSR count). The van der Waals surface area contributed by atoms with Gasteiger partial charge in [0.1, 0.15) is 5.37 Å². The number of amides is 1. The molecule has 1 N–H and O–H groups in total. The number of thioether (sulfide) groups is 1. The average molecular weight is 294 g/mol. The molecule has 0 radical (unpaired) electrons. The first-order valence-corrected chi connectivity index (χ1v) is 9.13. The first kappa shape index (κ1) is 15.8. The normalized spacial score (nSPS) is 22.0. The van der Waals surface area contributed by atoms with E-state index in [1.54, 1.807) is 25.6 Å². The van der Waals surface area contributed by atoms with Crippen molar-refractivity contribution in [3.8, 4) is 0 Å². The number of hydrogen-bond acceptors (Lipinski definition) is 5. The molecule has 1 fully saturated rings. The summed E-state index contributed by atoms with van der Waals surface area (Å²) in [6.45, 7) is 6.68. The van der Waals surface area contributed by atoms with Crippen molar-refractivity contribution in [2.45, 2.75) is 31.7 Å². The lowest BCUT2D eigenvalue weighted by Gasteiger charge is -2.39. The van der Waals surface area contributed by atoms with Crippen LogP contribution in [-0.2, 0) is 14.6 Å². The van der Waals surface area contributed by atoms with E-state index >= 15 is 0 Å². The molecule has 1 aliphatic heterocycles. The van der Waals surface area contributed by atoms with Crippen molar-refractivity contribution in [3.05, 3.63) is 0 Å². The topological polar surface area (TPSA) is 66.5 Å². The van der Waals surface area contributed by atoms with Gasteiger partial charge in [0.2, 0.25) is 5.91 Å². The van der Waals surface area contributed by atoms with Crippen LogP contribution in [0.3, 0.4) is 0 Å². The summed E-state index contributed by atoms with van der Waals surface area (Å²) in [7, 11) is -3.24. The molecule has 1 heterocycles. The Morgan fingerprint density at radius 2 is 2.11 bits per heavy atom. The number of nitrogens with zero attached hydrogens (tertiary/aromatic N) is 1.